The van der Waals surface area contributed by atoms with Crippen molar-refractivity contribution in [3.8, 4) is 23.7 Å². The summed E-state index contributed by atoms with van der Waals surface area (Å²) in [6.07, 6.45) is 5.88. The lowest BCUT2D eigenvalue weighted by Gasteiger charge is -2.30. The van der Waals surface area contributed by atoms with Crippen LogP contribution in [-0.2, 0) is 4.79 Å². The van der Waals surface area contributed by atoms with Gasteiger partial charge in [0.2, 0.25) is 0 Å². The van der Waals surface area contributed by atoms with E-state index in [0.29, 0.717) is 12.8 Å². The van der Waals surface area contributed by atoms with Crippen LogP contribution < -0.4 is 0 Å². The second-order valence-corrected chi connectivity index (χ2v) is 3.94. The molecule has 0 radical (unpaired) electrons. The molecule has 2 atom stereocenters. The number of hydrogen-bond acceptors (Lipinski definition) is 2. The number of carbonyl (C=O) groups is 1. The fourth-order valence-electron chi connectivity index (χ4n) is 2.00. The minimum absolute atomic E-state index is 0.142. The van der Waals surface area contributed by atoms with Gasteiger partial charge in [-0.3, -0.25) is 4.79 Å². The first-order valence-electron chi connectivity index (χ1n) is 5.15. The molecular weight excluding hydrogens is 188 g/mol. The molecule has 0 aromatic heterocycles. The lowest BCUT2D eigenvalue weighted by Crippen LogP contribution is -2.44. The third-order valence-corrected chi connectivity index (χ3v) is 2.85. The molecule has 0 aromatic rings. The number of rotatable bonds is 0. The maximum Gasteiger partial charge on any atom is 0.184 e. The molecule has 15 heavy (non-hydrogen) atoms. The summed E-state index contributed by atoms with van der Waals surface area (Å²) in [6.45, 7) is 0. The summed E-state index contributed by atoms with van der Waals surface area (Å²) in [7, 11) is 0. The van der Waals surface area contributed by atoms with Crippen LogP contribution in [0.15, 0.2) is 12.2 Å². The molecule has 2 bridgehead atoms. The minimum atomic E-state index is -1.42. The van der Waals surface area contributed by atoms with Crippen LogP contribution in [0.5, 0.6) is 0 Å². The first-order chi connectivity index (χ1) is 7.22. The summed E-state index contributed by atoms with van der Waals surface area (Å²) in [5.74, 6) is 10.8. The maximum atomic E-state index is 11.9. The monoisotopic (exact) mass is 200 g/mol. The summed E-state index contributed by atoms with van der Waals surface area (Å²) >= 11 is 0. The SMILES string of the molecule is O=C1C2CC#CC=CC#CC1(O)CCC2. The third kappa shape index (κ3) is 1.96. The van der Waals surface area contributed by atoms with Crippen molar-refractivity contribution in [2.24, 2.45) is 5.92 Å². The minimum Gasteiger partial charge on any atom is -0.371 e. The smallest absolute Gasteiger partial charge is 0.184 e. The molecule has 0 aromatic carbocycles. The summed E-state index contributed by atoms with van der Waals surface area (Å²) < 4.78 is 0. The van der Waals surface area contributed by atoms with E-state index in [2.05, 4.69) is 23.7 Å². The van der Waals surface area contributed by atoms with Gasteiger partial charge in [-0.1, -0.05) is 23.7 Å². The lowest BCUT2D eigenvalue weighted by atomic mass is 9.76. The molecule has 1 N–H and O–H groups in total. The molecule has 1 fully saturated rings. The summed E-state index contributed by atoms with van der Waals surface area (Å²) in [5, 5.41) is 10.1. The van der Waals surface area contributed by atoms with Crippen LogP contribution in [-0.4, -0.2) is 16.5 Å². The fourth-order valence-corrected chi connectivity index (χ4v) is 2.00. The van der Waals surface area contributed by atoms with Gasteiger partial charge in [-0.25, -0.2) is 0 Å². The molecule has 2 aliphatic carbocycles. The lowest BCUT2D eigenvalue weighted by molar-refractivity contribution is -0.139. The van der Waals surface area contributed by atoms with Gasteiger partial charge in [-0.05, 0) is 31.4 Å². The Bertz CT molecular complexity index is 425. The molecule has 2 rings (SSSR count). The molecule has 0 aliphatic heterocycles. The van der Waals surface area contributed by atoms with Gasteiger partial charge >= 0.3 is 0 Å². The zero-order valence-electron chi connectivity index (χ0n) is 8.42. The average Bonchev–Trinajstić information content (AvgIpc) is 2.21. The molecule has 2 heteroatoms. The highest BCUT2D eigenvalue weighted by molar-refractivity contribution is 5.93. The zero-order valence-corrected chi connectivity index (χ0v) is 8.42. The molecule has 0 saturated heterocycles. The van der Waals surface area contributed by atoms with Gasteiger partial charge in [-0.2, -0.15) is 0 Å². The summed E-state index contributed by atoms with van der Waals surface area (Å²) in [5.41, 5.74) is -1.42. The van der Waals surface area contributed by atoms with Crippen molar-refractivity contribution < 1.29 is 9.90 Å². The van der Waals surface area contributed by atoms with E-state index in [0.717, 1.165) is 12.8 Å². The molecule has 2 unspecified atom stereocenters. The number of fused-ring (bicyclic) bond motifs is 2. The van der Waals surface area contributed by atoms with E-state index in [9.17, 15) is 9.90 Å². The van der Waals surface area contributed by atoms with E-state index in [1.54, 1.807) is 12.2 Å². The largest absolute Gasteiger partial charge is 0.371 e. The summed E-state index contributed by atoms with van der Waals surface area (Å²) in [4.78, 5) is 11.9. The van der Waals surface area contributed by atoms with Crippen LogP contribution >= 0.6 is 0 Å². The van der Waals surface area contributed by atoms with Crippen molar-refractivity contribution >= 4 is 5.78 Å². The van der Waals surface area contributed by atoms with E-state index in [1.165, 1.54) is 0 Å². The van der Waals surface area contributed by atoms with E-state index in [4.69, 9.17) is 0 Å². The van der Waals surface area contributed by atoms with Gasteiger partial charge in [0.15, 0.2) is 11.4 Å². The van der Waals surface area contributed by atoms with Crippen molar-refractivity contribution in [2.75, 3.05) is 0 Å². The van der Waals surface area contributed by atoms with Crippen LogP contribution in [0.25, 0.3) is 0 Å². The Balaban J connectivity index is 2.38. The number of aliphatic hydroxyl groups is 1. The number of Topliss-reactive ketones (excluding diaryl/α,β-unsaturated/α-hetero) is 1. The van der Waals surface area contributed by atoms with Crippen LogP contribution in [0.1, 0.15) is 25.7 Å². The van der Waals surface area contributed by atoms with Crippen LogP contribution in [0.4, 0.5) is 0 Å². The molecule has 76 valence electrons. The van der Waals surface area contributed by atoms with Crippen LogP contribution in [0.2, 0.25) is 0 Å². The molecule has 0 spiro atoms. The summed E-state index contributed by atoms with van der Waals surface area (Å²) in [6, 6.07) is 0. The Morgan fingerprint density at radius 3 is 3.07 bits per heavy atom. The quantitative estimate of drug-likeness (QED) is 0.593. The fraction of sp³-hybridized carbons (Fsp3) is 0.462. The number of allylic oxidation sites excluding steroid dienone is 2. The molecule has 2 nitrogen and oxygen atoms in total. The van der Waals surface area contributed by atoms with Crippen molar-refractivity contribution in [1.82, 2.24) is 0 Å². The first kappa shape index (κ1) is 10.0. The number of ketones is 1. The van der Waals surface area contributed by atoms with E-state index in [-0.39, 0.29) is 11.7 Å². The first-order valence-corrected chi connectivity index (χ1v) is 5.15. The van der Waals surface area contributed by atoms with Crippen molar-refractivity contribution in [3.63, 3.8) is 0 Å². The van der Waals surface area contributed by atoms with Crippen molar-refractivity contribution in [1.29, 1.82) is 0 Å². The van der Waals surface area contributed by atoms with Crippen molar-refractivity contribution in [3.05, 3.63) is 12.2 Å². The number of carbonyl (C=O) groups excluding carboxylic acids is 1. The Morgan fingerprint density at radius 2 is 2.20 bits per heavy atom. The molecule has 2 aliphatic rings. The maximum absolute atomic E-state index is 11.9. The Hall–Kier alpha value is -1.51. The topological polar surface area (TPSA) is 37.3 Å². The highest BCUT2D eigenvalue weighted by Gasteiger charge is 2.41. The predicted octanol–water partition coefficient (Wildman–Crippen LogP) is 1.05. The highest BCUT2D eigenvalue weighted by Crippen LogP contribution is 2.30. The van der Waals surface area contributed by atoms with E-state index >= 15 is 0 Å². The molecule has 0 heterocycles. The standard InChI is InChI=1S/C13H12O2/c14-12-11-7-4-2-1-3-5-9-13(12,15)10-6-8-11/h1,3,11,15H,6-8,10H2. The second-order valence-electron chi connectivity index (χ2n) is 3.94. The van der Waals surface area contributed by atoms with Crippen molar-refractivity contribution in [2.45, 2.75) is 31.3 Å². The molecule has 0 amide bonds. The Labute approximate surface area is 89.4 Å². The predicted molar refractivity (Wildman–Crippen MR) is 56.6 cm³/mol. The van der Waals surface area contributed by atoms with E-state index in [1.807, 2.05) is 0 Å². The zero-order chi connectivity index (χ0) is 10.7. The average molecular weight is 200 g/mol. The third-order valence-electron chi connectivity index (χ3n) is 2.85. The Morgan fingerprint density at radius 1 is 1.40 bits per heavy atom. The second kappa shape index (κ2) is 3.93. The normalized spacial score (nSPS) is 33.4. The van der Waals surface area contributed by atoms with Gasteiger partial charge in [0, 0.05) is 12.3 Å². The van der Waals surface area contributed by atoms with Crippen LogP contribution in [0, 0.1) is 29.6 Å². The van der Waals surface area contributed by atoms with Gasteiger partial charge in [0.05, 0.1) is 0 Å². The molecule has 1 saturated carbocycles. The van der Waals surface area contributed by atoms with Gasteiger partial charge < -0.3 is 5.11 Å². The van der Waals surface area contributed by atoms with E-state index < -0.39 is 5.60 Å². The van der Waals surface area contributed by atoms with Gasteiger partial charge in [-0.15, -0.1) is 0 Å². The van der Waals surface area contributed by atoms with Gasteiger partial charge in [0.1, 0.15) is 0 Å². The molecular formula is C13H12O2. The highest BCUT2D eigenvalue weighted by atomic mass is 16.3. The van der Waals surface area contributed by atoms with Crippen LogP contribution in [0.3, 0.4) is 0 Å². The Kier molecular flexibility index (Phi) is 2.62. The van der Waals surface area contributed by atoms with Gasteiger partial charge in [0.25, 0.3) is 0 Å². The number of hydrogen-bond donors (Lipinski definition) is 1.